The number of halogens is 2. The summed E-state index contributed by atoms with van der Waals surface area (Å²) in [5, 5.41) is 3.73. The van der Waals surface area contributed by atoms with Gasteiger partial charge in [0.1, 0.15) is 17.5 Å². The van der Waals surface area contributed by atoms with Gasteiger partial charge in [-0.05, 0) is 49.7 Å². The highest BCUT2D eigenvalue weighted by Gasteiger charge is 2.27. The standard InChI is InChI=1S/C23H28Cl2N2O4/c1-4-5-13-26-23(29)16(2)27(14-19-20(24)7-6-8-21(19)25)22(28)15-31-18-11-9-17(30-3)10-12-18/h6-12,16H,4-5,13-15H2,1-3H3,(H,26,29)/t16-/m1/s1. The summed E-state index contributed by atoms with van der Waals surface area (Å²) in [7, 11) is 1.57. The van der Waals surface area contributed by atoms with E-state index in [-0.39, 0.29) is 25.0 Å². The van der Waals surface area contributed by atoms with Crippen molar-refractivity contribution in [3.05, 3.63) is 58.1 Å². The molecule has 168 valence electrons. The second kappa shape index (κ2) is 12.4. The molecule has 2 amide bonds. The van der Waals surface area contributed by atoms with E-state index in [4.69, 9.17) is 32.7 Å². The van der Waals surface area contributed by atoms with Gasteiger partial charge in [0.25, 0.3) is 5.91 Å². The summed E-state index contributed by atoms with van der Waals surface area (Å²) in [6.07, 6.45) is 1.82. The number of hydrogen-bond acceptors (Lipinski definition) is 4. The van der Waals surface area contributed by atoms with Crippen molar-refractivity contribution >= 4 is 35.0 Å². The third-order valence-corrected chi connectivity index (χ3v) is 5.52. The van der Waals surface area contributed by atoms with E-state index < -0.39 is 6.04 Å². The van der Waals surface area contributed by atoms with Gasteiger partial charge in [0.05, 0.1) is 7.11 Å². The molecular formula is C23H28Cl2N2O4. The topological polar surface area (TPSA) is 67.9 Å². The Labute approximate surface area is 193 Å². The van der Waals surface area contributed by atoms with E-state index in [0.717, 1.165) is 12.8 Å². The van der Waals surface area contributed by atoms with Crippen molar-refractivity contribution in [2.75, 3.05) is 20.3 Å². The molecule has 0 aliphatic heterocycles. The van der Waals surface area contributed by atoms with Crippen molar-refractivity contribution in [1.82, 2.24) is 10.2 Å². The first-order chi connectivity index (χ1) is 14.9. The minimum atomic E-state index is -0.726. The molecule has 0 bridgehead atoms. The van der Waals surface area contributed by atoms with Crippen LogP contribution in [0.15, 0.2) is 42.5 Å². The number of carbonyl (C=O) groups excluding carboxylic acids is 2. The lowest BCUT2D eigenvalue weighted by molar-refractivity contribution is -0.142. The highest BCUT2D eigenvalue weighted by atomic mass is 35.5. The highest BCUT2D eigenvalue weighted by Crippen LogP contribution is 2.26. The molecule has 6 nitrogen and oxygen atoms in total. The fourth-order valence-corrected chi connectivity index (χ4v) is 3.39. The van der Waals surface area contributed by atoms with Crippen LogP contribution in [0.4, 0.5) is 0 Å². The van der Waals surface area contributed by atoms with Gasteiger partial charge in [-0.2, -0.15) is 0 Å². The number of methoxy groups -OCH3 is 1. The average Bonchev–Trinajstić information content (AvgIpc) is 2.77. The first kappa shape index (κ1) is 24.8. The van der Waals surface area contributed by atoms with Crippen molar-refractivity contribution in [3.8, 4) is 11.5 Å². The molecule has 31 heavy (non-hydrogen) atoms. The molecule has 2 aromatic rings. The first-order valence-corrected chi connectivity index (χ1v) is 10.9. The second-order valence-electron chi connectivity index (χ2n) is 7.01. The van der Waals surface area contributed by atoms with Gasteiger partial charge in [0.2, 0.25) is 5.91 Å². The van der Waals surface area contributed by atoms with Crippen molar-refractivity contribution in [2.45, 2.75) is 39.3 Å². The third-order valence-electron chi connectivity index (χ3n) is 4.81. The fraction of sp³-hybridized carbons (Fsp3) is 0.391. The van der Waals surface area contributed by atoms with Gasteiger partial charge in [-0.3, -0.25) is 9.59 Å². The first-order valence-electron chi connectivity index (χ1n) is 10.1. The number of benzene rings is 2. The van der Waals surface area contributed by atoms with Crippen LogP contribution in [0.5, 0.6) is 11.5 Å². The number of rotatable bonds is 11. The summed E-state index contributed by atoms with van der Waals surface area (Å²) in [6.45, 7) is 4.13. The van der Waals surface area contributed by atoms with Gasteiger partial charge < -0.3 is 19.7 Å². The molecule has 0 heterocycles. The van der Waals surface area contributed by atoms with Crippen LogP contribution in [0.2, 0.25) is 10.0 Å². The maximum atomic E-state index is 13.1. The average molecular weight is 467 g/mol. The van der Waals surface area contributed by atoms with E-state index >= 15 is 0 Å². The van der Waals surface area contributed by atoms with Crippen LogP contribution in [0, 0.1) is 0 Å². The van der Waals surface area contributed by atoms with Crippen molar-refractivity contribution < 1.29 is 19.1 Å². The lowest BCUT2D eigenvalue weighted by Gasteiger charge is -2.29. The summed E-state index contributed by atoms with van der Waals surface area (Å²) >= 11 is 12.6. The maximum Gasteiger partial charge on any atom is 0.261 e. The van der Waals surface area contributed by atoms with E-state index in [9.17, 15) is 9.59 Å². The number of nitrogens with one attached hydrogen (secondary N) is 1. The van der Waals surface area contributed by atoms with E-state index in [1.54, 1.807) is 56.5 Å². The Balaban J connectivity index is 2.16. The number of ether oxygens (including phenoxy) is 2. The molecule has 0 saturated carbocycles. The lowest BCUT2D eigenvalue weighted by Crippen LogP contribution is -2.49. The Morgan fingerprint density at radius 3 is 2.26 bits per heavy atom. The highest BCUT2D eigenvalue weighted by molar-refractivity contribution is 6.36. The van der Waals surface area contributed by atoms with Gasteiger partial charge in [-0.15, -0.1) is 0 Å². The van der Waals surface area contributed by atoms with Crippen LogP contribution in [-0.4, -0.2) is 43.0 Å². The van der Waals surface area contributed by atoms with Gasteiger partial charge >= 0.3 is 0 Å². The normalized spacial score (nSPS) is 11.5. The minimum absolute atomic E-state index is 0.0890. The largest absolute Gasteiger partial charge is 0.497 e. The summed E-state index contributed by atoms with van der Waals surface area (Å²) in [6, 6.07) is 11.3. The van der Waals surface area contributed by atoms with Crippen LogP contribution >= 0.6 is 23.2 Å². The Morgan fingerprint density at radius 2 is 1.68 bits per heavy atom. The molecule has 0 aromatic heterocycles. The molecule has 0 fully saturated rings. The minimum Gasteiger partial charge on any atom is -0.497 e. The molecular weight excluding hydrogens is 439 g/mol. The predicted octanol–water partition coefficient (Wildman–Crippen LogP) is 4.71. The summed E-state index contributed by atoms with van der Waals surface area (Å²) < 4.78 is 10.8. The summed E-state index contributed by atoms with van der Waals surface area (Å²) in [4.78, 5) is 27.1. The van der Waals surface area contributed by atoms with E-state index in [1.807, 2.05) is 6.92 Å². The Morgan fingerprint density at radius 1 is 1.06 bits per heavy atom. The number of nitrogens with zero attached hydrogens (tertiary/aromatic N) is 1. The van der Waals surface area contributed by atoms with Crippen LogP contribution in [0.1, 0.15) is 32.3 Å². The van der Waals surface area contributed by atoms with E-state index in [1.165, 1.54) is 4.90 Å². The van der Waals surface area contributed by atoms with Crippen molar-refractivity contribution in [1.29, 1.82) is 0 Å². The van der Waals surface area contributed by atoms with Crippen LogP contribution in [0.25, 0.3) is 0 Å². The zero-order chi connectivity index (χ0) is 22.8. The van der Waals surface area contributed by atoms with Crippen molar-refractivity contribution in [3.63, 3.8) is 0 Å². The molecule has 1 N–H and O–H groups in total. The third kappa shape index (κ3) is 7.33. The monoisotopic (exact) mass is 466 g/mol. The second-order valence-corrected chi connectivity index (χ2v) is 7.82. The Hall–Kier alpha value is -2.44. The molecule has 1 atom stereocenters. The van der Waals surface area contributed by atoms with E-state index in [0.29, 0.717) is 33.7 Å². The van der Waals surface area contributed by atoms with Crippen molar-refractivity contribution in [2.24, 2.45) is 0 Å². The van der Waals surface area contributed by atoms with Crippen LogP contribution in [0.3, 0.4) is 0 Å². The Bertz CT molecular complexity index is 854. The molecule has 0 aliphatic carbocycles. The Kier molecular flexibility index (Phi) is 9.95. The molecule has 0 aliphatic rings. The van der Waals surface area contributed by atoms with Gasteiger partial charge in [-0.25, -0.2) is 0 Å². The SMILES string of the molecule is CCCCNC(=O)[C@@H](C)N(Cc1c(Cl)cccc1Cl)C(=O)COc1ccc(OC)cc1. The van der Waals surface area contributed by atoms with Crippen LogP contribution in [-0.2, 0) is 16.1 Å². The smallest absolute Gasteiger partial charge is 0.261 e. The molecule has 0 unspecified atom stereocenters. The number of hydrogen-bond donors (Lipinski definition) is 1. The quantitative estimate of drug-likeness (QED) is 0.486. The molecule has 2 rings (SSSR count). The number of amides is 2. The number of unbranched alkanes of at least 4 members (excludes halogenated alkanes) is 1. The predicted molar refractivity (Wildman–Crippen MR) is 123 cm³/mol. The molecule has 8 heteroatoms. The summed E-state index contributed by atoms with van der Waals surface area (Å²) in [5.74, 6) is 0.607. The molecule has 0 spiro atoms. The van der Waals surface area contributed by atoms with Gasteiger partial charge in [-0.1, -0.05) is 42.6 Å². The fourth-order valence-electron chi connectivity index (χ4n) is 2.87. The van der Waals surface area contributed by atoms with Gasteiger partial charge in [0, 0.05) is 28.7 Å². The number of carbonyl (C=O) groups is 2. The van der Waals surface area contributed by atoms with Crippen LogP contribution < -0.4 is 14.8 Å². The van der Waals surface area contributed by atoms with Gasteiger partial charge in [0.15, 0.2) is 6.61 Å². The zero-order valence-corrected chi connectivity index (χ0v) is 19.5. The molecule has 2 aromatic carbocycles. The molecule has 0 radical (unpaired) electrons. The zero-order valence-electron chi connectivity index (χ0n) is 18.0. The maximum absolute atomic E-state index is 13.1. The molecule has 0 saturated heterocycles. The summed E-state index contributed by atoms with van der Waals surface area (Å²) in [5.41, 5.74) is 0.580. The lowest BCUT2D eigenvalue weighted by atomic mass is 10.1. The van der Waals surface area contributed by atoms with E-state index in [2.05, 4.69) is 5.32 Å².